The molecule has 0 unspecified atom stereocenters. The predicted molar refractivity (Wildman–Crippen MR) is 57.6 cm³/mol. The predicted octanol–water partition coefficient (Wildman–Crippen LogP) is 3.53. The average molecular weight is 171 g/mol. The maximum atomic E-state index is 2.29. The summed E-state index contributed by atoms with van der Waals surface area (Å²) in [4.78, 5) is 0. The van der Waals surface area contributed by atoms with Crippen LogP contribution in [-0.4, -0.2) is 0 Å². The van der Waals surface area contributed by atoms with Gasteiger partial charge in [0.25, 0.3) is 0 Å². The van der Waals surface area contributed by atoms with E-state index >= 15 is 0 Å². The molecule has 1 aromatic rings. The van der Waals surface area contributed by atoms with Crippen molar-refractivity contribution in [2.45, 2.75) is 27.2 Å². The number of benzene rings is 1. The monoisotopic (exact) mass is 171 g/mol. The van der Waals surface area contributed by atoms with E-state index in [9.17, 15) is 0 Å². The number of fused-ring (bicyclic) bond motifs is 1. The summed E-state index contributed by atoms with van der Waals surface area (Å²) in [5, 5.41) is 0. The van der Waals surface area contributed by atoms with Gasteiger partial charge in [0.05, 0.1) is 0 Å². The lowest BCUT2D eigenvalue weighted by molar-refractivity contribution is 1.12. The smallest absolute Gasteiger partial charge is 0.0164 e. The highest BCUT2D eigenvalue weighted by molar-refractivity contribution is 5.72. The Balaban J connectivity index is 2.61. The second-order valence-corrected chi connectivity index (χ2v) is 3.76. The Morgan fingerprint density at radius 2 is 1.85 bits per heavy atom. The normalized spacial score (nSPS) is 14.2. The minimum Gasteiger partial charge on any atom is -0.0642 e. The van der Waals surface area contributed by atoms with E-state index in [2.05, 4.69) is 45.4 Å². The van der Waals surface area contributed by atoms with Gasteiger partial charge in [-0.15, -0.1) is 0 Å². The number of aryl methyl sites for hydroxylation is 2. The Morgan fingerprint density at radius 1 is 1.08 bits per heavy atom. The number of allylic oxidation sites excluding steroid dienone is 1. The Hall–Kier alpha value is -1.04. The molecule has 1 aromatic carbocycles. The van der Waals surface area contributed by atoms with Crippen LogP contribution in [0.4, 0.5) is 0 Å². The lowest BCUT2D eigenvalue weighted by Crippen LogP contribution is -1.92. The van der Waals surface area contributed by atoms with Crippen LogP contribution in [0.2, 0.25) is 0 Å². The zero-order chi connectivity index (χ0) is 9.42. The summed E-state index contributed by atoms with van der Waals surface area (Å²) < 4.78 is 0. The van der Waals surface area contributed by atoms with E-state index < -0.39 is 0 Å². The number of rotatable bonds is 1. The van der Waals surface area contributed by atoms with Gasteiger partial charge in [-0.2, -0.15) is 0 Å². The van der Waals surface area contributed by atoms with Gasteiger partial charge < -0.3 is 0 Å². The average Bonchev–Trinajstić information content (AvgIpc) is 2.48. The SMILES string of the molecule is CCc1ccc(C)c2c1C=C(C)[CH]2. The lowest BCUT2D eigenvalue weighted by atomic mass is 9.97. The van der Waals surface area contributed by atoms with E-state index in [0.29, 0.717) is 0 Å². The Labute approximate surface area is 80.3 Å². The highest BCUT2D eigenvalue weighted by Crippen LogP contribution is 2.31. The highest BCUT2D eigenvalue weighted by atomic mass is 14.2. The maximum absolute atomic E-state index is 2.29. The first kappa shape index (κ1) is 8.55. The van der Waals surface area contributed by atoms with Crippen molar-refractivity contribution in [2.75, 3.05) is 0 Å². The van der Waals surface area contributed by atoms with Crippen LogP contribution in [-0.2, 0) is 6.42 Å². The van der Waals surface area contributed by atoms with Crippen LogP contribution in [0.5, 0.6) is 0 Å². The molecule has 1 aliphatic rings. The Kier molecular flexibility index (Phi) is 1.99. The van der Waals surface area contributed by atoms with E-state index in [1.54, 1.807) is 0 Å². The van der Waals surface area contributed by atoms with E-state index in [0.717, 1.165) is 6.42 Å². The first-order chi connectivity index (χ1) is 6.22. The Bertz CT molecular complexity index is 370. The van der Waals surface area contributed by atoms with Crippen molar-refractivity contribution < 1.29 is 0 Å². The van der Waals surface area contributed by atoms with Crippen LogP contribution in [0.25, 0.3) is 6.08 Å². The van der Waals surface area contributed by atoms with Crippen LogP contribution in [0.3, 0.4) is 0 Å². The van der Waals surface area contributed by atoms with Crippen LogP contribution < -0.4 is 0 Å². The minimum absolute atomic E-state index is 1.13. The molecule has 0 nitrogen and oxygen atoms in total. The first-order valence-corrected chi connectivity index (χ1v) is 4.88. The van der Waals surface area contributed by atoms with Gasteiger partial charge in [0.15, 0.2) is 0 Å². The van der Waals surface area contributed by atoms with Crippen molar-refractivity contribution in [1.82, 2.24) is 0 Å². The molecule has 0 N–H and O–H groups in total. The third-order valence-electron chi connectivity index (χ3n) is 2.72. The largest absolute Gasteiger partial charge is 0.0642 e. The topological polar surface area (TPSA) is 0 Å². The molecule has 0 bridgehead atoms. The molecule has 0 saturated heterocycles. The molecule has 0 aromatic heterocycles. The molecule has 0 heterocycles. The summed E-state index contributed by atoms with van der Waals surface area (Å²) in [5.41, 5.74) is 7.10. The van der Waals surface area contributed by atoms with Gasteiger partial charge in [-0.05, 0) is 42.5 Å². The fourth-order valence-corrected chi connectivity index (χ4v) is 1.96. The summed E-state index contributed by atoms with van der Waals surface area (Å²) in [6.45, 7) is 6.56. The molecule has 0 amide bonds. The molecule has 0 aliphatic heterocycles. The van der Waals surface area contributed by atoms with Gasteiger partial charge >= 0.3 is 0 Å². The molecule has 0 spiro atoms. The van der Waals surface area contributed by atoms with Crippen molar-refractivity contribution in [3.63, 3.8) is 0 Å². The number of hydrogen-bond donors (Lipinski definition) is 0. The molecule has 0 heteroatoms. The molecule has 0 fully saturated rings. The first-order valence-electron chi connectivity index (χ1n) is 4.88. The van der Waals surface area contributed by atoms with Gasteiger partial charge in [-0.25, -0.2) is 0 Å². The highest BCUT2D eigenvalue weighted by Gasteiger charge is 2.14. The maximum Gasteiger partial charge on any atom is 0.0164 e. The molecule has 1 aliphatic carbocycles. The minimum atomic E-state index is 1.13. The zero-order valence-electron chi connectivity index (χ0n) is 8.52. The van der Waals surface area contributed by atoms with Gasteiger partial charge in [0.2, 0.25) is 0 Å². The van der Waals surface area contributed by atoms with Crippen molar-refractivity contribution in [3.8, 4) is 0 Å². The van der Waals surface area contributed by atoms with Crippen LogP contribution in [0, 0.1) is 13.3 Å². The van der Waals surface area contributed by atoms with Crippen LogP contribution in [0.1, 0.15) is 36.1 Å². The third-order valence-corrected chi connectivity index (χ3v) is 2.72. The molecule has 67 valence electrons. The standard InChI is InChI=1S/C13H15/c1-4-11-6-5-10(3)12-7-9(2)8-13(11)12/h5-8H,4H2,1-3H3. The second kappa shape index (κ2) is 3.02. The zero-order valence-corrected chi connectivity index (χ0v) is 8.52. The van der Waals surface area contributed by atoms with E-state index in [1.807, 2.05) is 0 Å². The Morgan fingerprint density at radius 3 is 2.54 bits per heavy atom. The summed E-state index contributed by atoms with van der Waals surface area (Å²) in [7, 11) is 0. The van der Waals surface area contributed by atoms with Gasteiger partial charge in [-0.3, -0.25) is 0 Å². The summed E-state index contributed by atoms with van der Waals surface area (Å²) in [6, 6.07) is 4.47. The quantitative estimate of drug-likeness (QED) is 0.606. The van der Waals surface area contributed by atoms with Crippen molar-refractivity contribution >= 4 is 6.08 Å². The van der Waals surface area contributed by atoms with E-state index in [4.69, 9.17) is 0 Å². The molecule has 13 heavy (non-hydrogen) atoms. The second-order valence-electron chi connectivity index (χ2n) is 3.76. The molecule has 2 rings (SSSR count). The van der Waals surface area contributed by atoms with Gasteiger partial charge in [0.1, 0.15) is 0 Å². The van der Waals surface area contributed by atoms with Gasteiger partial charge in [0, 0.05) is 6.42 Å². The van der Waals surface area contributed by atoms with Crippen LogP contribution >= 0.6 is 0 Å². The third kappa shape index (κ3) is 1.31. The summed E-state index contributed by atoms with van der Waals surface area (Å²) in [6.07, 6.45) is 5.70. The molecular weight excluding hydrogens is 156 g/mol. The fourth-order valence-electron chi connectivity index (χ4n) is 1.96. The van der Waals surface area contributed by atoms with Crippen molar-refractivity contribution in [2.24, 2.45) is 0 Å². The van der Waals surface area contributed by atoms with Crippen molar-refractivity contribution in [3.05, 3.63) is 46.4 Å². The summed E-state index contributed by atoms with van der Waals surface area (Å²) >= 11 is 0. The van der Waals surface area contributed by atoms with Crippen molar-refractivity contribution in [1.29, 1.82) is 0 Å². The number of hydrogen-bond acceptors (Lipinski definition) is 0. The molecule has 1 radical (unpaired) electrons. The molecular formula is C13H15. The molecule has 0 saturated carbocycles. The van der Waals surface area contributed by atoms with E-state index in [1.165, 1.54) is 27.8 Å². The van der Waals surface area contributed by atoms with Gasteiger partial charge in [-0.1, -0.05) is 30.7 Å². The molecule has 0 atom stereocenters. The van der Waals surface area contributed by atoms with Crippen LogP contribution in [0.15, 0.2) is 17.7 Å². The lowest BCUT2D eigenvalue weighted by Gasteiger charge is -2.07. The fraction of sp³-hybridized carbons (Fsp3) is 0.308. The van der Waals surface area contributed by atoms with E-state index in [-0.39, 0.29) is 0 Å². The summed E-state index contributed by atoms with van der Waals surface area (Å²) in [5.74, 6) is 0.